The third kappa shape index (κ3) is 4.31. The largest absolute Gasteiger partial charge is 0.310 e. The van der Waals surface area contributed by atoms with Crippen molar-refractivity contribution in [2.75, 3.05) is 6.54 Å². The lowest BCUT2D eigenvalue weighted by atomic mass is 9.98. The van der Waals surface area contributed by atoms with E-state index in [1.807, 2.05) is 25.1 Å². The summed E-state index contributed by atoms with van der Waals surface area (Å²) < 4.78 is 14.2. The van der Waals surface area contributed by atoms with Gasteiger partial charge in [-0.2, -0.15) is 0 Å². The molecule has 2 rings (SSSR count). The van der Waals surface area contributed by atoms with Crippen molar-refractivity contribution in [1.29, 1.82) is 0 Å². The minimum atomic E-state index is -0.223. The third-order valence-electron chi connectivity index (χ3n) is 3.24. The van der Waals surface area contributed by atoms with E-state index in [4.69, 9.17) is 23.2 Å². The molecule has 21 heavy (non-hydrogen) atoms. The van der Waals surface area contributed by atoms with Crippen LogP contribution in [0.1, 0.15) is 24.1 Å². The summed E-state index contributed by atoms with van der Waals surface area (Å²) in [6.45, 7) is 2.86. The van der Waals surface area contributed by atoms with Gasteiger partial charge in [0, 0.05) is 9.61 Å². The topological polar surface area (TPSA) is 12.0 Å². The lowest BCUT2D eigenvalue weighted by Gasteiger charge is -2.21. The summed E-state index contributed by atoms with van der Waals surface area (Å²) >= 11 is 14.5. The molecule has 0 bridgehead atoms. The first-order valence-electron chi connectivity index (χ1n) is 6.64. The van der Waals surface area contributed by atoms with Gasteiger partial charge in [0.2, 0.25) is 0 Å². The van der Waals surface area contributed by atoms with Crippen LogP contribution in [-0.2, 0) is 6.42 Å². The fourth-order valence-corrected chi connectivity index (χ4v) is 3.50. The first-order chi connectivity index (χ1) is 10.0. The van der Waals surface area contributed by atoms with Crippen molar-refractivity contribution in [1.82, 2.24) is 5.32 Å². The van der Waals surface area contributed by atoms with E-state index in [9.17, 15) is 4.39 Å². The number of nitrogens with one attached hydrogen (secondary N) is 1. The van der Waals surface area contributed by atoms with E-state index in [0.717, 1.165) is 21.2 Å². The van der Waals surface area contributed by atoms with Crippen LogP contribution < -0.4 is 5.32 Å². The van der Waals surface area contributed by atoms with Crippen LogP contribution in [0.15, 0.2) is 36.4 Å². The molecule has 2 aromatic rings. The summed E-state index contributed by atoms with van der Waals surface area (Å²) in [5.41, 5.74) is 2.05. The van der Waals surface area contributed by atoms with Crippen LogP contribution in [0.5, 0.6) is 0 Å². The van der Waals surface area contributed by atoms with E-state index in [1.54, 1.807) is 12.1 Å². The summed E-state index contributed by atoms with van der Waals surface area (Å²) in [6.07, 6.45) is 0.703. The Hall–Kier alpha value is -0.360. The number of hydrogen-bond donors (Lipinski definition) is 1. The molecule has 2 aromatic carbocycles. The van der Waals surface area contributed by atoms with Crippen LogP contribution >= 0.6 is 45.8 Å². The second-order valence-corrected chi connectivity index (χ2v) is 6.64. The van der Waals surface area contributed by atoms with Gasteiger partial charge in [-0.3, -0.25) is 0 Å². The molecule has 112 valence electrons. The molecule has 0 fully saturated rings. The normalized spacial score (nSPS) is 12.4. The SMILES string of the molecule is CCNC(Cc1cccc(Cl)c1Cl)c1ccc(F)cc1I. The van der Waals surface area contributed by atoms with Gasteiger partial charge in [0.25, 0.3) is 0 Å². The summed E-state index contributed by atoms with van der Waals surface area (Å²) in [6, 6.07) is 10.6. The molecule has 0 spiro atoms. The fraction of sp³-hybridized carbons (Fsp3) is 0.250. The molecule has 5 heteroatoms. The predicted molar refractivity (Wildman–Crippen MR) is 95.7 cm³/mol. The predicted octanol–water partition coefficient (Wildman–Crippen LogP) is 5.63. The Morgan fingerprint density at radius 3 is 2.67 bits per heavy atom. The first kappa shape index (κ1) is 17.0. The lowest BCUT2D eigenvalue weighted by Crippen LogP contribution is -2.24. The standard InChI is InChI=1S/C16H15Cl2FIN/c1-2-21-15(12-7-6-11(19)9-14(12)20)8-10-4-3-5-13(17)16(10)18/h3-7,9,15,21H,2,8H2,1H3. The maximum atomic E-state index is 13.3. The molecule has 0 radical (unpaired) electrons. The van der Waals surface area contributed by atoms with Crippen molar-refractivity contribution in [3.63, 3.8) is 0 Å². The quantitative estimate of drug-likeness (QED) is 0.597. The molecule has 0 amide bonds. The summed E-state index contributed by atoms with van der Waals surface area (Å²) in [5.74, 6) is -0.223. The zero-order valence-electron chi connectivity index (χ0n) is 11.5. The zero-order valence-corrected chi connectivity index (χ0v) is 15.1. The van der Waals surface area contributed by atoms with Gasteiger partial charge < -0.3 is 5.32 Å². The Kier molecular flexibility index (Phi) is 6.29. The lowest BCUT2D eigenvalue weighted by molar-refractivity contribution is 0.545. The van der Waals surface area contributed by atoms with Crippen molar-refractivity contribution in [3.05, 3.63) is 67.0 Å². The molecule has 0 aromatic heterocycles. The van der Waals surface area contributed by atoms with Gasteiger partial charge in [0.05, 0.1) is 10.0 Å². The van der Waals surface area contributed by atoms with E-state index in [0.29, 0.717) is 16.5 Å². The molecular formula is C16H15Cl2FIN. The minimum Gasteiger partial charge on any atom is -0.310 e. The molecule has 1 unspecified atom stereocenters. The second kappa shape index (κ2) is 7.77. The van der Waals surface area contributed by atoms with Crippen molar-refractivity contribution < 1.29 is 4.39 Å². The van der Waals surface area contributed by atoms with Crippen LogP contribution in [0.2, 0.25) is 10.0 Å². The van der Waals surface area contributed by atoms with Crippen LogP contribution in [0.4, 0.5) is 4.39 Å². The van der Waals surface area contributed by atoms with Crippen molar-refractivity contribution in [2.45, 2.75) is 19.4 Å². The van der Waals surface area contributed by atoms with E-state index in [2.05, 4.69) is 27.9 Å². The van der Waals surface area contributed by atoms with Crippen molar-refractivity contribution in [2.24, 2.45) is 0 Å². The van der Waals surface area contributed by atoms with Crippen LogP contribution in [-0.4, -0.2) is 6.54 Å². The Bertz CT molecular complexity index is 634. The Labute approximate surface area is 148 Å². The molecule has 0 heterocycles. The maximum absolute atomic E-state index is 13.3. The average molecular weight is 438 g/mol. The van der Waals surface area contributed by atoms with E-state index in [-0.39, 0.29) is 11.9 Å². The van der Waals surface area contributed by atoms with Gasteiger partial charge in [-0.05, 0) is 64.9 Å². The highest BCUT2D eigenvalue weighted by Gasteiger charge is 2.17. The number of hydrogen-bond acceptors (Lipinski definition) is 1. The molecule has 0 aliphatic carbocycles. The summed E-state index contributed by atoms with van der Waals surface area (Å²) in [5, 5.41) is 4.56. The van der Waals surface area contributed by atoms with Gasteiger partial charge >= 0.3 is 0 Å². The van der Waals surface area contributed by atoms with E-state index < -0.39 is 0 Å². The van der Waals surface area contributed by atoms with Crippen molar-refractivity contribution >= 4 is 45.8 Å². The molecule has 0 saturated heterocycles. The Morgan fingerprint density at radius 2 is 2.00 bits per heavy atom. The summed E-state index contributed by atoms with van der Waals surface area (Å²) in [7, 11) is 0. The number of benzene rings is 2. The minimum absolute atomic E-state index is 0.0680. The molecule has 1 atom stereocenters. The highest BCUT2D eigenvalue weighted by atomic mass is 127. The van der Waals surface area contributed by atoms with Crippen molar-refractivity contribution in [3.8, 4) is 0 Å². The van der Waals surface area contributed by atoms with Crippen LogP contribution in [0.3, 0.4) is 0 Å². The van der Waals surface area contributed by atoms with Gasteiger partial charge in [-0.15, -0.1) is 0 Å². The fourth-order valence-electron chi connectivity index (χ4n) is 2.25. The third-order valence-corrected chi connectivity index (χ3v) is 5.04. The Morgan fingerprint density at radius 1 is 1.24 bits per heavy atom. The second-order valence-electron chi connectivity index (χ2n) is 4.69. The first-order valence-corrected chi connectivity index (χ1v) is 8.47. The smallest absolute Gasteiger partial charge is 0.124 e. The number of halogens is 4. The highest BCUT2D eigenvalue weighted by Crippen LogP contribution is 2.30. The molecule has 0 aliphatic rings. The maximum Gasteiger partial charge on any atom is 0.124 e. The zero-order chi connectivity index (χ0) is 15.4. The molecule has 1 N–H and O–H groups in total. The number of rotatable bonds is 5. The van der Waals surface area contributed by atoms with Gasteiger partial charge in [0.1, 0.15) is 5.82 Å². The average Bonchev–Trinajstić information content (AvgIpc) is 2.43. The number of likely N-dealkylation sites (N-methyl/N-ethyl adjacent to an activating group) is 1. The Balaban J connectivity index is 2.33. The molecule has 0 saturated carbocycles. The van der Waals surface area contributed by atoms with Gasteiger partial charge in [0.15, 0.2) is 0 Å². The van der Waals surface area contributed by atoms with E-state index in [1.165, 1.54) is 6.07 Å². The highest BCUT2D eigenvalue weighted by molar-refractivity contribution is 14.1. The summed E-state index contributed by atoms with van der Waals surface area (Å²) in [4.78, 5) is 0. The monoisotopic (exact) mass is 437 g/mol. The molecule has 1 nitrogen and oxygen atoms in total. The van der Waals surface area contributed by atoms with Gasteiger partial charge in [-0.25, -0.2) is 4.39 Å². The molecular weight excluding hydrogens is 423 g/mol. The van der Waals surface area contributed by atoms with E-state index >= 15 is 0 Å². The van der Waals surface area contributed by atoms with Crippen LogP contribution in [0, 0.1) is 9.39 Å². The van der Waals surface area contributed by atoms with Crippen LogP contribution in [0.25, 0.3) is 0 Å². The molecule has 0 aliphatic heterocycles. The van der Waals surface area contributed by atoms with Gasteiger partial charge in [-0.1, -0.05) is 48.3 Å².